The van der Waals surface area contributed by atoms with Crippen LogP contribution >= 0.6 is 0 Å². The molecule has 1 rings (SSSR count). The average Bonchev–Trinajstić information content (AvgIpc) is 2.71. The number of hydrogen-bond acceptors (Lipinski definition) is 3. The quantitative estimate of drug-likeness (QED) is 0.386. The third kappa shape index (κ3) is 11.4. The Morgan fingerprint density at radius 3 is 1.71 bits per heavy atom. The molecule has 0 aromatic heterocycles. The van der Waals surface area contributed by atoms with Crippen LogP contribution in [0.4, 0.5) is 4.79 Å². The number of urea groups is 1. The van der Waals surface area contributed by atoms with Crippen molar-refractivity contribution in [3.05, 3.63) is 35.9 Å². The molecular weight excluding hydrogens is 392 g/mol. The molecule has 4 N–H and O–H groups in total. The van der Waals surface area contributed by atoms with Gasteiger partial charge in [0.2, 0.25) is 11.8 Å². The standard InChI is InChI=1S/C24H40N4O3/c1-6-13-25-22(29)20(15-17(2)3)27-24(31)28-21(16-18(4)5)23(30)26-14-12-19-10-8-7-9-11-19/h7-11,17-18,20-21H,6,12-16H2,1-5H3,(H,25,29)(H,26,30)(H2,27,28,31)/t20-,21-/m0/s1. The molecule has 0 fully saturated rings. The van der Waals surface area contributed by atoms with Crippen LogP contribution in [0.1, 0.15) is 59.4 Å². The van der Waals surface area contributed by atoms with E-state index < -0.39 is 18.1 Å². The second kappa shape index (κ2) is 14.4. The molecule has 4 amide bonds. The zero-order valence-electron chi connectivity index (χ0n) is 19.7. The van der Waals surface area contributed by atoms with Gasteiger partial charge in [-0.2, -0.15) is 0 Å². The summed E-state index contributed by atoms with van der Waals surface area (Å²) in [7, 11) is 0. The van der Waals surface area contributed by atoms with Crippen LogP contribution < -0.4 is 21.3 Å². The summed E-state index contributed by atoms with van der Waals surface area (Å²) in [6.07, 6.45) is 2.59. The Morgan fingerprint density at radius 1 is 0.774 bits per heavy atom. The maximum absolute atomic E-state index is 12.7. The molecule has 0 heterocycles. The minimum atomic E-state index is -0.658. The molecule has 0 radical (unpaired) electrons. The summed E-state index contributed by atoms with van der Waals surface area (Å²) in [5, 5.41) is 11.3. The molecule has 0 saturated heterocycles. The topological polar surface area (TPSA) is 99.3 Å². The second-order valence-electron chi connectivity index (χ2n) is 8.80. The van der Waals surface area contributed by atoms with Crippen LogP contribution in [-0.2, 0) is 16.0 Å². The fourth-order valence-electron chi connectivity index (χ4n) is 3.23. The molecule has 0 saturated carbocycles. The summed E-state index contributed by atoms with van der Waals surface area (Å²) in [5.41, 5.74) is 1.14. The third-order valence-electron chi connectivity index (χ3n) is 4.76. The van der Waals surface area contributed by atoms with E-state index in [1.165, 1.54) is 0 Å². The van der Waals surface area contributed by atoms with Gasteiger partial charge in [0.25, 0.3) is 0 Å². The molecule has 31 heavy (non-hydrogen) atoms. The molecule has 0 unspecified atom stereocenters. The molecule has 1 aromatic carbocycles. The highest BCUT2D eigenvalue weighted by molar-refractivity contribution is 5.90. The second-order valence-corrected chi connectivity index (χ2v) is 8.80. The molecule has 0 aliphatic heterocycles. The van der Waals surface area contributed by atoms with Crippen molar-refractivity contribution in [2.75, 3.05) is 13.1 Å². The van der Waals surface area contributed by atoms with E-state index in [1.807, 2.05) is 65.0 Å². The molecule has 0 aliphatic rings. The van der Waals surface area contributed by atoms with Gasteiger partial charge in [-0.15, -0.1) is 0 Å². The van der Waals surface area contributed by atoms with E-state index in [2.05, 4.69) is 21.3 Å². The molecule has 7 nitrogen and oxygen atoms in total. The lowest BCUT2D eigenvalue weighted by Gasteiger charge is -2.24. The van der Waals surface area contributed by atoms with Gasteiger partial charge < -0.3 is 21.3 Å². The van der Waals surface area contributed by atoms with Gasteiger partial charge in [0.05, 0.1) is 0 Å². The van der Waals surface area contributed by atoms with Crippen LogP contribution in [0.15, 0.2) is 30.3 Å². The zero-order chi connectivity index (χ0) is 23.2. The van der Waals surface area contributed by atoms with Crippen LogP contribution in [-0.4, -0.2) is 43.0 Å². The van der Waals surface area contributed by atoms with Crippen molar-refractivity contribution in [2.24, 2.45) is 11.8 Å². The first-order valence-corrected chi connectivity index (χ1v) is 11.4. The van der Waals surface area contributed by atoms with Gasteiger partial charge in [-0.05, 0) is 43.1 Å². The Labute approximate surface area is 187 Å². The number of amides is 4. The van der Waals surface area contributed by atoms with Crippen molar-refractivity contribution in [1.29, 1.82) is 0 Å². The van der Waals surface area contributed by atoms with Gasteiger partial charge in [-0.3, -0.25) is 9.59 Å². The lowest BCUT2D eigenvalue weighted by molar-refractivity contribution is -0.123. The van der Waals surface area contributed by atoms with Crippen molar-refractivity contribution < 1.29 is 14.4 Å². The first-order valence-electron chi connectivity index (χ1n) is 11.4. The molecule has 0 spiro atoms. The summed E-state index contributed by atoms with van der Waals surface area (Å²) in [6, 6.07) is 8.13. The monoisotopic (exact) mass is 432 g/mol. The smallest absolute Gasteiger partial charge is 0.316 e. The van der Waals surface area contributed by atoms with Crippen LogP contribution in [0.5, 0.6) is 0 Å². The van der Waals surface area contributed by atoms with Gasteiger partial charge in [-0.1, -0.05) is 65.0 Å². The molecule has 174 valence electrons. The lowest BCUT2D eigenvalue weighted by atomic mass is 10.0. The van der Waals surface area contributed by atoms with Gasteiger partial charge >= 0.3 is 6.03 Å². The van der Waals surface area contributed by atoms with Crippen molar-refractivity contribution in [1.82, 2.24) is 21.3 Å². The highest BCUT2D eigenvalue weighted by atomic mass is 16.2. The average molecular weight is 433 g/mol. The fraction of sp³-hybridized carbons (Fsp3) is 0.625. The number of hydrogen-bond donors (Lipinski definition) is 4. The predicted octanol–water partition coefficient (Wildman–Crippen LogP) is 3.00. The Hall–Kier alpha value is -2.57. The number of benzene rings is 1. The van der Waals surface area contributed by atoms with Crippen LogP contribution in [0.25, 0.3) is 0 Å². The van der Waals surface area contributed by atoms with E-state index in [4.69, 9.17) is 0 Å². The van der Waals surface area contributed by atoms with Gasteiger partial charge in [0, 0.05) is 13.1 Å². The van der Waals surface area contributed by atoms with E-state index in [0.29, 0.717) is 25.9 Å². The summed E-state index contributed by atoms with van der Waals surface area (Å²) in [4.78, 5) is 37.7. The van der Waals surface area contributed by atoms with Crippen LogP contribution in [0, 0.1) is 11.8 Å². The number of nitrogens with one attached hydrogen (secondary N) is 4. The highest BCUT2D eigenvalue weighted by Crippen LogP contribution is 2.08. The van der Waals surface area contributed by atoms with E-state index >= 15 is 0 Å². The summed E-state index contributed by atoms with van der Waals surface area (Å²) in [6.45, 7) is 11.0. The number of carbonyl (C=O) groups excluding carboxylic acids is 3. The van der Waals surface area contributed by atoms with Crippen LogP contribution in [0.2, 0.25) is 0 Å². The molecule has 0 bridgehead atoms. The summed E-state index contributed by atoms with van der Waals surface area (Å²) < 4.78 is 0. The molecule has 7 heteroatoms. The highest BCUT2D eigenvalue weighted by Gasteiger charge is 2.25. The first-order chi connectivity index (χ1) is 14.7. The summed E-state index contributed by atoms with van der Waals surface area (Å²) >= 11 is 0. The normalized spacial score (nSPS) is 12.9. The SMILES string of the molecule is CCCNC(=O)[C@H](CC(C)C)NC(=O)N[C@@H](CC(C)C)C(=O)NCCc1ccccc1. The fourth-order valence-corrected chi connectivity index (χ4v) is 3.23. The Kier molecular flexibility index (Phi) is 12.3. The molecular formula is C24H40N4O3. The van der Waals surface area contributed by atoms with Crippen molar-refractivity contribution >= 4 is 17.8 Å². The Morgan fingerprint density at radius 2 is 1.26 bits per heavy atom. The van der Waals surface area contributed by atoms with Gasteiger partial charge in [0.1, 0.15) is 12.1 Å². The molecule has 0 aliphatic carbocycles. The van der Waals surface area contributed by atoms with Crippen molar-refractivity contribution in [2.45, 2.75) is 72.4 Å². The largest absolute Gasteiger partial charge is 0.354 e. The van der Waals surface area contributed by atoms with E-state index in [9.17, 15) is 14.4 Å². The lowest BCUT2D eigenvalue weighted by Crippen LogP contribution is -2.55. The maximum Gasteiger partial charge on any atom is 0.316 e. The Bertz CT molecular complexity index is 677. The predicted molar refractivity (Wildman–Crippen MR) is 125 cm³/mol. The van der Waals surface area contributed by atoms with Gasteiger partial charge in [0.15, 0.2) is 0 Å². The third-order valence-corrected chi connectivity index (χ3v) is 4.76. The number of carbonyl (C=O) groups is 3. The zero-order valence-corrected chi connectivity index (χ0v) is 19.7. The minimum absolute atomic E-state index is 0.196. The van der Waals surface area contributed by atoms with Gasteiger partial charge in [-0.25, -0.2) is 4.79 Å². The molecule has 2 atom stereocenters. The summed E-state index contributed by atoms with van der Waals surface area (Å²) in [5.74, 6) is 0.0592. The maximum atomic E-state index is 12.7. The van der Waals surface area contributed by atoms with Crippen molar-refractivity contribution in [3.8, 4) is 0 Å². The van der Waals surface area contributed by atoms with E-state index in [1.54, 1.807) is 0 Å². The Balaban J connectivity index is 2.66. The minimum Gasteiger partial charge on any atom is -0.354 e. The molecule has 1 aromatic rings. The first kappa shape index (κ1) is 26.5. The van der Waals surface area contributed by atoms with Crippen molar-refractivity contribution in [3.63, 3.8) is 0 Å². The van der Waals surface area contributed by atoms with E-state index in [0.717, 1.165) is 18.4 Å². The van der Waals surface area contributed by atoms with Crippen LogP contribution in [0.3, 0.4) is 0 Å². The van der Waals surface area contributed by atoms with E-state index in [-0.39, 0.29) is 23.7 Å². The number of rotatable bonds is 13.